The number of amides is 1. The second-order valence-corrected chi connectivity index (χ2v) is 6.96. The first kappa shape index (κ1) is 16.7. The van der Waals surface area contributed by atoms with Gasteiger partial charge in [-0.1, -0.05) is 6.07 Å². The topological polar surface area (TPSA) is 129 Å². The van der Waals surface area contributed by atoms with E-state index in [-0.39, 0.29) is 16.9 Å². The van der Waals surface area contributed by atoms with E-state index in [1.54, 1.807) is 0 Å². The summed E-state index contributed by atoms with van der Waals surface area (Å²) in [6.07, 6.45) is 3.94. The van der Waals surface area contributed by atoms with Crippen LogP contribution in [0.1, 0.15) is 16.1 Å². The van der Waals surface area contributed by atoms with Gasteiger partial charge in [-0.2, -0.15) is 0 Å². The van der Waals surface area contributed by atoms with Crippen LogP contribution in [0.4, 0.5) is 0 Å². The summed E-state index contributed by atoms with van der Waals surface area (Å²) in [5, 5.41) is 11.6. The lowest BCUT2D eigenvalue weighted by molar-refractivity contribution is -0.139. The lowest BCUT2D eigenvalue weighted by Gasteiger charge is -2.14. The van der Waals surface area contributed by atoms with Gasteiger partial charge in [-0.15, -0.1) is 0 Å². The molecule has 2 aromatic rings. The van der Waals surface area contributed by atoms with Gasteiger partial charge in [0.25, 0.3) is 5.91 Å². The highest BCUT2D eigenvalue weighted by molar-refractivity contribution is 7.90. The van der Waals surface area contributed by atoms with Gasteiger partial charge in [0.2, 0.25) is 0 Å². The molecule has 0 spiro atoms. The molecule has 0 radical (unpaired) electrons. The van der Waals surface area contributed by atoms with Gasteiger partial charge in [-0.05, 0) is 18.2 Å². The van der Waals surface area contributed by atoms with Crippen molar-refractivity contribution in [1.82, 2.24) is 15.3 Å². The van der Waals surface area contributed by atoms with Crippen molar-refractivity contribution in [3.8, 4) is 0 Å². The van der Waals surface area contributed by atoms with Gasteiger partial charge < -0.3 is 15.4 Å². The normalized spacial score (nSPS) is 12.6. The van der Waals surface area contributed by atoms with Crippen LogP contribution in [0.25, 0.3) is 0 Å². The second-order valence-electron chi connectivity index (χ2n) is 4.95. The molecule has 8 nitrogen and oxygen atoms in total. The van der Waals surface area contributed by atoms with Gasteiger partial charge >= 0.3 is 5.97 Å². The maximum atomic E-state index is 12.2. The van der Waals surface area contributed by atoms with Crippen LogP contribution in [0.3, 0.4) is 0 Å². The monoisotopic (exact) mass is 337 g/mol. The molecule has 1 aromatic heterocycles. The van der Waals surface area contributed by atoms with Crippen molar-refractivity contribution in [2.75, 3.05) is 6.26 Å². The Balaban J connectivity index is 2.17. The van der Waals surface area contributed by atoms with E-state index in [1.165, 1.54) is 36.8 Å². The van der Waals surface area contributed by atoms with E-state index in [0.29, 0.717) is 5.69 Å². The number of hydrogen-bond donors (Lipinski definition) is 3. The number of hydrogen-bond acceptors (Lipinski definition) is 5. The summed E-state index contributed by atoms with van der Waals surface area (Å²) in [5.74, 6) is -1.87. The number of aliphatic carboxylic acids is 1. The number of imidazole rings is 1. The maximum Gasteiger partial charge on any atom is 0.326 e. The van der Waals surface area contributed by atoms with Crippen molar-refractivity contribution in [1.29, 1.82) is 0 Å². The number of aromatic nitrogens is 2. The van der Waals surface area contributed by atoms with Crippen LogP contribution in [0.5, 0.6) is 0 Å². The molecule has 0 fully saturated rings. The van der Waals surface area contributed by atoms with Crippen LogP contribution in [-0.2, 0) is 21.1 Å². The molecule has 1 amide bonds. The first-order valence-electron chi connectivity index (χ1n) is 6.58. The van der Waals surface area contributed by atoms with Crippen LogP contribution in [0.15, 0.2) is 41.7 Å². The highest BCUT2D eigenvalue weighted by atomic mass is 32.2. The van der Waals surface area contributed by atoms with E-state index in [1.807, 2.05) is 0 Å². The fourth-order valence-corrected chi connectivity index (χ4v) is 2.59. The molecule has 23 heavy (non-hydrogen) atoms. The number of H-pyrrole nitrogens is 1. The van der Waals surface area contributed by atoms with Crippen LogP contribution in [0.2, 0.25) is 0 Å². The van der Waals surface area contributed by atoms with Crippen LogP contribution in [-0.4, -0.2) is 47.7 Å². The first-order chi connectivity index (χ1) is 10.8. The van der Waals surface area contributed by atoms with Crippen molar-refractivity contribution in [2.45, 2.75) is 17.4 Å². The molecule has 1 aromatic carbocycles. The lowest BCUT2D eigenvalue weighted by Crippen LogP contribution is -2.42. The zero-order chi connectivity index (χ0) is 17.0. The van der Waals surface area contributed by atoms with Crippen molar-refractivity contribution < 1.29 is 23.1 Å². The summed E-state index contributed by atoms with van der Waals surface area (Å²) in [7, 11) is -3.45. The number of carbonyl (C=O) groups is 2. The fraction of sp³-hybridized carbons (Fsp3) is 0.214. The summed E-state index contributed by atoms with van der Waals surface area (Å²) in [5.41, 5.74) is 0.631. The SMILES string of the molecule is CS(=O)(=O)c1cccc(C(=O)NC(Cc2cnc[nH]2)C(=O)O)c1. The molecule has 0 saturated carbocycles. The first-order valence-corrected chi connectivity index (χ1v) is 8.47. The number of carbonyl (C=O) groups excluding carboxylic acids is 1. The molecule has 0 aliphatic carbocycles. The van der Waals surface area contributed by atoms with E-state index in [4.69, 9.17) is 0 Å². The summed E-state index contributed by atoms with van der Waals surface area (Å²) in [6.45, 7) is 0. The Kier molecular flexibility index (Phi) is 4.80. The van der Waals surface area contributed by atoms with Gasteiger partial charge in [0.1, 0.15) is 6.04 Å². The Bertz CT molecular complexity index is 815. The largest absolute Gasteiger partial charge is 0.480 e. The minimum Gasteiger partial charge on any atom is -0.480 e. The number of carboxylic acid groups (broad SMARTS) is 1. The number of aromatic amines is 1. The molecule has 9 heteroatoms. The highest BCUT2D eigenvalue weighted by Crippen LogP contribution is 2.12. The Morgan fingerprint density at radius 1 is 1.39 bits per heavy atom. The fourth-order valence-electron chi connectivity index (χ4n) is 1.93. The molecule has 122 valence electrons. The van der Waals surface area contributed by atoms with E-state index >= 15 is 0 Å². The van der Waals surface area contributed by atoms with Gasteiger partial charge in [-0.25, -0.2) is 18.2 Å². The molecule has 0 aliphatic rings. The van der Waals surface area contributed by atoms with Gasteiger partial charge in [0.05, 0.1) is 11.2 Å². The van der Waals surface area contributed by atoms with Crippen molar-refractivity contribution in [3.63, 3.8) is 0 Å². The summed E-state index contributed by atoms with van der Waals surface area (Å²) < 4.78 is 23.0. The Morgan fingerprint density at radius 2 is 2.13 bits per heavy atom. The molecule has 1 unspecified atom stereocenters. The molecule has 3 N–H and O–H groups in total. The quantitative estimate of drug-likeness (QED) is 0.692. The van der Waals surface area contributed by atoms with Crippen LogP contribution in [0, 0.1) is 0 Å². The Labute approximate surface area is 132 Å². The average Bonchev–Trinajstić information content (AvgIpc) is 2.98. The molecule has 0 saturated heterocycles. The number of rotatable bonds is 6. The van der Waals surface area contributed by atoms with E-state index in [9.17, 15) is 23.1 Å². The molecule has 0 aliphatic heterocycles. The number of nitrogens with one attached hydrogen (secondary N) is 2. The van der Waals surface area contributed by atoms with E-state index in [0.717, 1.165) is 6.26 Å². The zero-order valence-electron chi connectivity index (χ0n) is 12.2. The maximum absolute atomic E-state index is 12.2. The number of benzene rings is 1. The minimum atomic E-state index is -3.45. The highest BCUT2D eigenvalue weighted by Gasteiger charge is 2.22. The molecule has 0 bridgehead atoms. The third kappa shape index (κ3) is 4.39. The predicted molar refractivity (Wildman–Crippen MR) is 80.7 cm³/mol. The average molecular weight is 337 g/mol. The number of carboxylic acids is 1. The van der Waals surface area contributed by atoms with Gasteiger partial charge in [0, 0.05) is 30.1 Å². The Hall–Kier alpha value is -2.68. The van der Waals surface area contributed by atoms with Crippen LogP contribution >= 0.6 is 0 Å². The van der Waals surface area contributed by atoms with Gasteiger partial charge in [0.15, 0.2) is 9.84 Å². The zero-order valence-corrected chi connectivity index (χ0v) is 13.0. The van der Waals surface area contributed by atoms with Crippen molar-refractivity contribution >= 4 is 21.7 Å². The summed E-state index contributed by atoms with van der Waals surface area (Å²) in [6, 6.07) is 4.25. The third-order valence-corrected chi connectivity index (χ3v) is 4.22. The standard InChI is InChI=1S/C14H15N3O5S/c1-23(21,22)11-4-2-3-9(5-11)13(18)17-12(14(19)20)6-10-7-15-8-16-10/h2-5,7-8,12H,6H2,1H3,(H,15,16)(H,17,18)(H,19,20). The third-order valence-electron chi connectivity index (χ3n) is 3.11. The smallest absolute Gasteiger partial charge is 0.326 e. The summed E-state index contributed by atoms with van der Waals surface area (Å²) >= 11 is 0. The second kappa shape index (κ2) is 6.61. The molecular formula is C14H15N3O5S. The summed E-state index contributed by atoms with van der Waals surface area (Å²) in [4.78, 5) is 30.0. The molecule has 1 heterocycles. The van der Waals surface area contributed by atoms with Crippen molar-refractivity contribution in [2.24, 2.45) is 0 Å². The molecule has 2 rings (SSSR count). The number of nitrogens with zero attached hydrogens (tertiary/aromatic N) is 1. The Morgan fingerprint density at radius 3 is 2.70 bits per heavy atom. The predicted octanol–water partition coefficient (Wildman–Crippen LogP) is 0.239. The van der Waals surface area contributed by atoms with E-state index < -0.39 is 27.8 Å². The number of sulfone groups is 1. The molecular weight excluding hydrogens is 322 g/mol. The van der Waals surface area contributed by atoms with E-state index in [2.05, 4.69) is 15.3 Å². The molecule has 1 atom stereocenters. The van der Waals surface area contributed by atoms with Crippen LogP contribution < -0.4 is 5.32 Å². The minimum absolute atomic E-state index is 0.00871. The van der Waals surface area contributed by atoms with Gasteiger partial charge in [-0.3, -0.25) is 4.79 Å². The lowest BCUT2D eigenvalue weighted by atomic mass is 10.1. The van der Waals surface area contributed by atoms with Crippen molar-refractivity contribution in [3.05, 3.63) is 48.0 Å².